The number of hydrogen-bond donors (Lipinski definition) is 0. The molecule has 2 rings (SSSR count). The van der Waals surface area contributed by atoms with Gasteiger partial charge in [0.05, 0.1) is 13.2 Å². The van der Waals surface area contributed by atoms with Crippen molar-refractivity contribution in [3.8, 4) is 6.07 Å². The summed E-state index contributed by atoms with van der Waals surface area (Å²) in [5, 5.41) is 10.3. The molecular formula is C13H12N2O2. The highest BCUT2D eigenvalue weighted by molar-refractivity contribution is 6.10. The van der Waals surface area contributed by atoms with E-state index in [1.807, 2.05) is 30.3 Å². The smallest absolute Gasteiger partial charge is 0.274 e. The van der Waals surface area contributed by atoms with Crippen molar-refractivity contribution in [2.75, 3.05) is 14.2 Å². The molecule has 0 bridgehead atoms. The van der Waals surface area contributed by atoms with Crippen molar-refractivity contribution in [1.82, 2.24) is 5.06 Å². The van der Waals surface area contributed by atoms with Crippen molar-refractivity contribution in [2.24, 2.45) is 5.41 Å². The largest absolute Gasteiger partial charge is 0.274 e. The first-order valence-electron chi connectivity index (χ1n) is 5.18. The highest BCUT2D eigenvalue weighted by Crippen LogP contribution is 2.51. The molecule has 0 heterocycles. The van der Waals surface area contributed by atoms with E-state index < -0.39 is 5.41 Å². The van der Waals surface area contributed by atoms with Crippen molar-refractivity contribution < 1.29 is 9.63 Å². The number of nitrogens with zero attached hydrogens (tertiary/aromatic N) is 2. The predicted octanol–water partition coefficient (Wildman–Crippen LogP) is 1.61. The first-order chi connectivity index (χ1) is 8.15. The summed E-state index contributed by atoms with van der Waals surface area (Å²) in [6, 6.07) is 11.5. The Morgan fingerprint density at radius 1 is 1.41 bits per heavy atom. The van der Waals surface area contributed by atoms with Gasteiger partial charge >= 0.3 is 0 Å². The Labute approximate surface area is 99.7 Å². The third-order valence-corrected chi connectivity index (χ3v) is 2.86. The highest BCUT2D eigenvalue weighted by atomic mass is 16.7. The van der Waals surface area contributed by atoms with Crippen molar-refractivity contribution in [2.45, 2.75) is 0 Å². The molecular weight excluding hydrogens is 216 g/mol. The summed E-state index contributed by atoms with van der Waals surface area (Å²) in [6.07, 6.45) is 1.67. The zero-order valence-corrected chi connectivity index (χ0v) is 9.68. The molecule has 4 nitrogen and oxygen atoms in total. The first-order valence-corrected chi connectivity index (χ1v) is 5.18. The predicted molar refractivity (Wildman–Crippen MR) is 62.2 cm³/mol. The quantitative estimate of drug-likeness (QED) is 0.738. The average Bonchev–Trinajstić information content (AvgIpc) is 3.14. The Balaban J connectivity index is 2.25. The molecule has 0 aromatic heterocycles. The molecule has 1 amide bonds. The lowest BCUT2D eigenvalue weighted by molar-refractivity contribution is -0.171. The maximum Gasteiger partial charge on any atom is 0.274 e. The maximum atomic E-state index is 12.0. The van der Waals surface area contributed by atoms with Gasteiger partial charge in [0.1, 0.15) is 0 Å². The lowest BCUT2D eigenvalue weighted by Gasteiger charge is -2.18. The summed E-state index contributed by atoms with van der Waals surface area (Å²) in [5.74, 6) is -0.360. The number of rotatable bonds is 3. The fourth-order valence-electron chi connectivity index (χ4n) is 1.76. The van der Waals surface area contributed by atoms with Crippen LogP contribution in [0.25, 0.3) is 5.57 Å². The minimum absolute atomic E-state index is 0.360. The topological polar surface area (TPSA) is 53.3 Å². The lowest BCUT2D eigenvalue weighted by atomic mass is 9.97. The molecule has 17 heavy (non-hydrogen) atoms. The van der Waals surface area contributed by atoms with Gasteiger partial charge < -0.3 is 0 Å². The standard InChI is InChI=1S/C13H12N2O2/c1-15(17-2)12(16)13(9-14)8-11(13)10-6-4-3-5-7-10/h3-8H,1-2H3/t13-/m0/s1. The Hall–Kier alpha value is -2.12. The van der Waals surface area contributed by atoms with Gasteiger partial charge in [-0.1, -0.05) is 30.3 Å². The van der Waals surface area contributed by atoms with Gasteiger partial charge in [-0.25, -0.2) is 5.06 Å². The Kier molecular flexibility index (Phi) is 2.70. The van der Waals surface area contributed by atoms with Crippen LogP contribution in [-0.2, 0) is 9.63 Å². The monoisotopic (exact) mass is 228 g/mol. The van der Waals surface area contributed by atoms with E-state index in [0.29, 0.717) is 0 Å². The normalized spacial score (nSPS) is 21.4. The SMILES string of the molecule is CON(C)C(=O)[C@]1(C#N)C=C1c1ccccc1. The molecule has 86 valence electrons. The number of amides is 1. The summed E-state index contributed by atoms with van der Waals surface area (Å²) in [6.45, 7) is 0. The number of hydrogen-bond acceptors (Lipinski definition) is 3. The van der Waals surface area contributed by atoms with Crippen molar-refractivity contribution >= 4 is 11.5 Å². The van der Waals surface area contributed by atoms with Crippen LogP contribution in [0, 0.1) is 16.7 Å². The van der Waals surface area contributed by atoms with Crippen LogP contribution >= 0.6 is 0 Å². The number of carbonyl (C=O) groups is 1. The van der Waals surface area contributed by atoms with Gasteiger partial charge in [-0.05, 0) is 17.2 Å². The third kappa shape index (κ3) is 1.71. The van der Waals surface area contributed by atoms with Gasteiger partial charge in [0.15, 0.2) is 5.41 Å². The number of hydroxylamine groups is 2. The number of carbonyl (C=O) groups excluding carboxylic acids is 1. The van der Waals surface area contributed by atoms with Gasteiger partial charge in [-0.2, -0.15) is 5.26 Å². The highest BCUT2D eigenvalue weighted by Gasteiger charge is 2.53. The molecule has 4 heteroatoms. The van der Waals surface area contributed by atoms with E-state index >= 15 is 0 Å². The molecule has 0 N–H and O–H groups in total. The van der Waals surface area contributed by atoms with Gasteiger partial charge in [-0.3, -0.25) is 9.63 Å². The lowest BCUT2D eigenvalue weighted by Crippen LogP contribution is -2.34. The molecule has 1 aromatic carbocycles. The molecule has 1 aliphatic carbocycles. The fourth-order valence-corrected chi connectivity index (χ4v) is 1.76. The second-order valence-electron chi connectivity index (χ2n) is 3.83. The van der Waals surface area contributed by atoms with Gasteiger partial charge in [0.2, 0.25) is 0 Å². The Morgan fingerprint density at radius 3 is 2.59 bits per heavy atom. The van der Waals surface area contributed by atoms with Gasteiger partial charge in [0.25, 0.3) is 5.91 Å². The first kappa shape index (κ1) is 11.4. The fraction of sp³-hybridized carbons (Fsp3) is 0.231. The second-order valence-corrected chi connectivity index (χ2v) is 3.83. The van der Waals surface area contributed by atoms with Gasteiger partial charge in [0, 0.05) is 7.05 Å². The molecule has 1 aliphatic rings. The molecule has 0 saturated heterocycles. The van der Waals surface area contributed by atoms with E-state index in [-0.39, 0.29) is 5.91 Å². The molecule has 0 fully saturated rings. The van der Waals surface area contributed by atoms with E-state index in [0.717, 1.165) is 16.2 Å². The van der Waals surface area contributed by atoms with Crippen LogP contribution in [0.4, 0.5) is 0 Å². The summed E-state index contributed by atoms with van der Waals surface area (Å²) >= 11 is 0. The summed E-state index contributed by atoms with van der Waals surface area (Å²) < 4.78 is 0. The molecule has 0 radical (unpaired) electrons. The zero-order valence-electron chi connectivity index (χ0n) is 9.68. The molecule has 1 atom stereocenters. The van der Waals surface area contributed by atoms with Crippen LogP contribution in [-0.4, -0.2) is 25.1 Å². The summed E-state index contributed by atoms with van der Waals surface area (Å²) in [4.78, 5) is 16.8. The Morgan fingerprint density at radius 2 is 2.06 bits per heavy atom. The summed E-state index contributed by atoms with van der Waals surface area (Å²) in [7, 11) is 2.89. The van der Waals surface area contributed by atoms with Crippen LogP contribution in [0.5, 0.6) is 0 Å². The molecule has 0 aliphatic heterocycles. The van der Waals surface area contributed by atoms with Gasteiger partial charge in [-0.15, -0.1) is 0 Å². The van der Waals surface area contributed by atoms with E-state index in [4.69, 9.17) is 4.84 Å². The minimum Gasteiger partial charge on any atom is -0.274 e. The number of nitriles is 1. The maximum absolute atomic E-state index is 12.0. The average molecular weight is 228 g/mol. The van der Waals surface area contributed by atoms with E-state index in [9.17, 15) is 10.1 Å². The van der Waals surface area contributed by atoms with E-state index in [1.165, 1.54) is 14.2 Å². The van der Waals surface area contributed by atoms with Crippen molar-refractivity contribution in [3.05, 3.63) is 42.0 Å². The molecule has 0 unspecified atom stereocenters. The van der Waals surface area contributed by atoms with Crippen LogP contribution in [0.3, 0.4) is 0 Å². The Bertz CT molecular complexity index is 516. The van der Waals surface area contributed by atoms with Crippen molar-refractivity contribution in [1.29, 1.82) is 5.26 Å². The summed E-state index contributed by atoms with van der Waals surface area (Å²) in [5.41, 5.74) is 0.493. The van der Waals surface area contributed by atoms with Crippen LogP contribution in [0.15, 0.2) is 36.4 Å². The molecule has 1 aromatic rings. The van der Waals surface area contributed by atoms with Crippen LogP contribution in [0.1, 0.15) is 5.56 Å². The van der Waals surface area contributed by atoms with E-state index in [2.05, 4.69) is 6.07 Å². The van der Waals surface area contributed by atoms with Crippen molar-refractivity contribution in [3.63, 3.8) is 0 Å². The zero-order chi connectivity index (χ0) is 12.5. The van der Waals surface area contributed by atoms with E-state index in [1.54, 1.807) is 6.08 Å². The second kappa shape index (κ2) is 4.04. The molecule has 0 spiro atoms. The van der Waals surface area contributed by atoms with Crippen LogP contribution in [0.2, 0.25) is 0 Å². The molecule has 0 saturated carbocycles. The van der Waals surface area contributed by atoms with Crippen LogP contribution < -0.4 is 0 Å². The number of benzene rings is 1. The third-order valence-electron chi connectivity index (χ3n) is 2.86. The minimum atomic E-state index is -1.15.